The molecule has 0 bridgehead atoms. The summed E-state index contributed by atoms with van der Waals surface area (Å²) in [4.78, 5) is 10.7. The van der Waals surface area contributed by atoms with Gasteiger partial charge in [-0.2, -0.15) is 0 Å². The maximum absolute atomic E-state index is 5.41. The van der Waals surface area contributed by atoms with Crippen molar-refractivity contribution in [3.8, 4) is 0 Å². The van der Waals surface area contributed by atoms with Gasteiger partial charge in [-0.05, 0) is 13.8 Å². The summed E-state index contributed by atoms with van der Waals surface area (Å²) in [7, 11) is 1.95. The van der Waals surface area contributed by atoms with Crippen LogP contribution in [0.15, 0.2) is 6.07 Å². The van der Waals surface area contributed by atoms with Crippen molar-refractivity contribution in [2.75, 3.05) is 43.7 Å². The number of rotatable bonds is 9. The van der Waals surface area contributed by atoms with Gasteiger partial charge < -0.3 is 19.8 Å². The van der Waals surface area contributed by atoms with Crippen molar-refractivity contribution >= 4 is 11.6 Å². The first kappa shape index (κ1) is 15.6. The van der Waals surface area contributed by atoms with Gasteiger partial charge in [0.2, 0.25) is 0 Å². The Hall–Kier alpha value is -1.44. The molecule has 0 fully saturated rings. The van der Waals surface area contributed by atoms with E-state index in [0.29, 0.717) is 38.1 Å². The van der Waals surface area contributed by atoms with E-state index >= 15 is 0 Å². The lowest BCUT2D eigenvalue weighted by Gasteiger charge is -2.19. The molecule has 0 radical (unpaired) electrons. The topological polar surface area (TPSA) is 85.5 Å². The minimum Gasteiger partial charge on any atom is -0.380 e. The summed E-state index contributed by atoms with van der Waals surface area (Å²) < 4.78 is 10.6. The lowest BCUT2D eigenvalue weighted by atomic mass is 10.4. The predicted octanol–water partition coefficient (Wildman–Crippen LogP) is 0.771. The number of nitrogens with one attached hydrogen (secondary N) is 1. The van der Waals surface area contributed by atoms with Crippen LogP contribution in [0.4, 0.5) is 11.6 Å². The van der Waals surface area contributed by atoms with E-state index in [2.05, 4.69) is 15.4 Å². The molecule has 7 nitrogen and oxygen atoms in total. The van der Waals surface area contributed by atoms with E-state index in [0.717, 1.165) is 12.4 Å². The van der Waals surface area contributed by atoms with Gasteiger partial charge in [0, 0.05) is 32.9 Å². The lowest BCUT2D eigenvalue weighted by molar-refractivity contribution is 0.128. The van der Waals surface area contributed by atoms with Crippen LogP contribution in [0.25, 0.3) is 0 Å². The van der Waals surface area contributed by atoms with Crippen molar-refractivity contribution in [1.29, 1.82) is 0 Å². The predicted molar refractivity (Wildman–Crippen MR) is 74.9 cm³/mol. The SMILES string of the molecule is CCOCCN(C)c1cc(NN)nc(COCC)n1. The molecule has 0 saturated carbocycles. The van der Waals surface area contributed by atoms with Gasteiger partial charge in [-0.25, -0.2) is 15.8 Å². The molecule has 0 aliphatic carbocycles. The van der Waals surface area contributed by atoms with Gasteiger partial charge >= 0.3 is 0 Å². The highest BCUT2D eigenvalue weighted by molar-refractivity contribution is 5.48. The van der Waals surface area contributed by atoms with Crippen LogP contribution in [-0.4, -0.2) is 43.4 Å². The Bertz CT molecular complexity index is 375. The van der Waals surface area contributed by atoms with Crippen molar-refractivity contribution in [3.05, 3.63) is 11.9 Å². The number of hydrazine groups is 1. The van der Waals surface area contributed by atoms with Gasteiger partial charge in [-0.1, -0.05) is 0 Å². The minimum absolute atomic E-state index is 0.373. The Morgan fingerprint density at radius 3 is 2.63 bits per heavy atom. The largest absolute Gasteiger partial charge is 0.380 e. The molecular formula is C12H23N5O2. The molecule has 19 heavy (non-hydrogen) atoms. The zero-order valence-electron chi connectivity index (χ0n) is 11.8. The van der Waals surface area contributed by atoms with Gasteiger partial charge in [-0.3, -0.25) is 0 Å². The summed E-state index contributed by atoms with van der Waals surface area (Å²) >= 11 is 0. The Kier molecular flexibility index (Phi) is 7.09. The van der Waals surface area contributed by atoms with E-state index in [-0.39, 0.29) is 0 Å². The van der Waals surface area contributed by atoms with Crippen molar-refractivity contribution in [1.82, 2.24) is 9.97 Å². The van der Waals surface area contributed by atoms with E-state index in [4.69, 9.17) is 15.3 Å². The second-order valence-corrected chi connectivity index (χ2v) is 3.93. The number of hydrogen-bond donors (Lipinski definition) is 2. The Balaban J connectivity index is 2.74. The molecule has 1 rings (SSSR count). The number of hydrogen-bond acceptors (Lipinski definition) is 7. The van der Waals surface area contributed by atoms with E-state index in [1.54, 1.807) is 6.07 Å². The second-order valence-electron chi connectivity index (χ2n) is 3.93. The quantitative estimate of drug-likeness (QED) is 0.389. The van der Waals surface area contributed by atoms with E-state index < -0.39 is 0 Å². The fourth-order valence-electron chi connectivity index (χ4n) is 1.47. The number of ether oxygens (including phenoxy) is 2. The molecule has 7 heteroatoms. The average Bonchev–Trinajstić information content (AvgIpc) is 2.44. The van der Waals surface area contributed by atoms with Crippen molar-refractivity contribution in [3.63, 3.8) is 0 Å². The maximum atomic E-state index is 5.41. The van der Waals surface area contributed by atoms with Gasteiger partial charge in [0.05, 0.1) is 6.61 Å². The molecule has 0 atom stereocenters. The maximum Gasteiger partial charge on any atom is 0.158 e. The molecule has 1 aromatic heterocycles. The van der Waals surface area contributed by atoms with Crippen LogP contribution in [0.3, 0.4) is 0 Å². The second kappa shape index (κ2) is 8.63. The smallest absolute Gasteiger partial charge is 0.158 e. The van der Waals surface area contributed by atoms with Gasteiger partial charge in [0.1, 0.15) is 18.2 Å². The van der Waals surface area contributed by atoms with Gasteiger partial charge in [0.15, 0.2) is 5.82 Å². The Labute approximate surface area is 114 Å². The Morgan fingerprint density at radius 1 is 1.26 bits per heavy atom. The lowest BCUT2D eigenvalue weighted by Crippen LogP contribution is -2.24. The van der Waals surface area contributed by atoms with E-state index in [9.17, 15) is 0 Å². The van der Waals surface area contributed by atoms with Crippen LogP contribution >= 0.6 is 0 Å². The summed E-state index contributed by atoms with van der Waals surface area (Å²) in [6, 6.07) is 1.79. The molecular weight excluding hydrogens is 246 g/mol. The van der Waals surface area contributed by atoms with Gasteiger partial charge in [0.25, 0.3) is 0 Å². The number of anilines is 2. The summed E-state index contributed by atoms with van der Waals surface area (Å²) in [6.45, 7) is 7.02. The summed E-state index contributed by atoms with van der Waals surface area (Å²) in [6.07, 6.45) is 0. The molecule has 0 aliphatic heterocycles. The molecule has 108 valence electrons. The van der Waals surface area contributed by atoms with Crippen molar-refractivity contribution in [2.24, 2.45) is 5.84 Å². The molecule has 0 amide bonds. The first-order valence-electron chi connectivity index (χ1n) is 6.42. The monoisotopic (exact) mass is 269 g/mol. The standard InChI is InChI=1S/C12H23N5O2/c1-4-18-7-6-17(3)12-8-10(16-13)14-11(15-12)9-19-5-2/h8H,4-7,9,13H2,1-3H3,(H,14,15,16). The fourth-order valence-corrected chi connectivity index (χ4v) is 1.47. The molecule has 0 aliphatic rings. The average molecular weight is 269 g/mol. The van der Waals surface area contributed by atoms with Crippen LogP contribution in [-0.2, 0) is 16.1 Å². The highest BCUT2D eigenvalue weighted by Gasteiger charge is 2.08. The minimum atomic E-state index is 0.373. The highest BCUT2D eigenvalue weighted by Crippen LogP contribution is 2.14. The van der Waals surface area contributed by atoms with Crippen molar-refractivity contribution in [2.45, 2.75) is 20.5 Å². The van der Waals surface area contributed by atoms with Crippen LogP contribution in [0, 0.1) is 0 Å². The zero-order valence-corrected chi connectivity index (χ0v) is 11.8. The summed E-state index contributed by atoms with van der Waals surface area (Å²) in [5.41, 5.74) is 2.54. The van der Waals surface area contributed by atoms with Crippen molar-refractivity contribution < 1.29 is 9.47 Å². The number of nitrogen functional groups attached to an aromatic ring is 1. The fraction of sp³-hybridized carbons (Fsp3) is 0.667. The molecule has 0 saturated heterocycles. The number of likely N-dealkylation sites (N-methyl/N-ethyl adjacent to an activating group) is 1. The molecule has 3 N–H and O–H groups in total. The first-order valence-corrected chi connectivity index (χ1v) is 6.42. The molecule has 1 aromatic rings. The molecule has 1 heterocycles. The third kappa shape index (κ3) is 5.37. The molecule has 0 spiro atoms. The number of nitrogens with zero attached hydrogens (tertiary/aromatic N) is 3. The highest BCUT2D eigenvalue weighted by atomic mass is 16.5. The van der Waals surface area contributed by atoms with Crippen LogP contribution in [0.2, 0.25) is 0 Å². The van der Waals surface area contributed by atoms with Crippen LogP contribution in [0.5, 0.6) is 0 Å². The van der Waals surface area contributed by atoms with E-state index in [1.165, 1.54) is 0 Å². The summed E-state index contributed by atoms with van der Waals surface area (Å²) in [5.74, 6) is 7.38. The van der Waals surface area contributed by atoms with Crippen LogP contribution in [0.1, 0.15) is 19.7 Å². The zero-order chi connectivity index (χ0) is 14.1. The van der Waals surface area contributed by atoms with E-state index in [1.807, 2.05) is 25.8 Å². The number of aromatic nitrogens is 2. The molecule has 0 unspecified atom stereocenters. The van der Waals surface area contributed by atoms with Gasteiger partial charge in [-0.15, -0.1) is 0 Å². The Morgan fingerprint density at radius 2 is 2.00 bits per heavy atom. The third-order valence-corrected chi connectivity index (χ3v) is 2.51. The first-order chi connectivity index (χ1) is 9.21. The molecule has 0 aromatic carbocycles. The third-order valence-electron chi connectivity index (χ3n) is 2.51. The number of nitrogens with two attached hydrogens (primary N) is 1. The summed E-state index contributed by atoms with van der Waals surface area (Å²) in [5, 5.41) is 0. The normalized spacial score (nSPS) is 10.5. The van der Waals surface area contributed by atoms with Crippen LogP contribution < -0.4 is 16.2 Å².